The summed E-state index contributed by atoms with van der Waals surface area (Å²) in [5, 5.41) is 4.40. The highest BCUT2D eigenvalue weighted by atomic mass is 79.9. The summed E-state index contributed by atoms with van der Waals surface area (Å²) in [6, 6.07) is 26.4. The summed E-state index contributed by atoms with van der Waals surface area (Å²) >= 11 is 3.57. The molecule has 1 fully saturated rings. The molecule has 202 valence electrons. The topological polar surface area (TPSA) is 78.8 Å². The van der Waals surface area contributed by atoms with Gasteiger partial charge in [0.1, 0.15) is 5.82 Å². The van der Waals surface area contributed by atoms with Crippen molar-refractivity contribution in [3.63, 3.8) is 0 Å². The highest BCUT2D eigenvalue weighted by Crippen LogP contribution is 2.63. The number of hydrogen-bond acceptors (Lipinski definition) is 4. The minimum Gasteiger partial charge on any atom is -0.274 e. The molecular formula is C33H23BrFN3O3. The van der Waals surface area contributed by atoms with Gasteiger partial charge in [-0.05, 0) is 87.1 Å². The second-order valence-corrected chi connectivity index (χ2v) is 11.6. The fourth-order valence-corrected chi connectivity index (χ4v) is 7.61. The fraction of sp³-hybridized carbons (Fsp3) is 0.152. The predicted molar refractivity (Wildman–Crippen MR) is 156 cm³/mol. The molecule has 41 heavy (non-hydrogen) atoms. The van der Waals surface area contributed by atoms with Crippen molar-refractivity contribution in [2.75, 3.05) is 4.90 Å². The van der Waals surface area contributed by atoms with Gasteiger partial charge < -0.3 is 0 Å². The smallest absolute Gasteiger partial charge is 0.271 e. The number of aryl methyl sites for hydroxylation is 1. The zero-order valence-electron chi connectivity index (χ0n) is 21.8. The number of benzene rings is 4. The molecule has 1 heterocycles. The Morgan fingerprint density at radius 2 is 1.56 bits per heavy atom. The minimum atomic E-state index is -1.11. The zero-order chi connectivity index (χ0) is 28.5. The van der Waals surface area contributed by atoms with Crippen molar-refractivity contribution >= 4 is 45.6 Å². The van der Waals surface area contributed by atoms with E-state index < -0.39 is 29.0 Å². The number of halogens is 2. The maximum absolute atomic E-state index is 14.5. The van der Waals surface area contributed by atoms with E-state index >= 15 is 0 Å². The number of rotatable bonds is 4. The number of nitrogens with zero attached hydrogens (tertiary/aromatic N) is 2. The second kappa shape index (κ2) is 9.31. The largest absolute Gasteiger partial charge is 0.274 e. The van der Waals surface area contributed by atoms with E-state index in [-0.39, 0.29) is 23.3 Å². The van der Waals surface area contributed by atoms with Crippen molar-refractivity contribution < 1.29 is 18.8 Å². The van der Waals surface area contributed by atoms with E-state index in [0.29, 0.717) is 10.2 Å². The molecule has 0 aromatic heterocycles. The van der Waals surface area contributed by atoms with Gasteiger partial charge in [0.15, 0.2) is 0 Å². The zero-order valence-corrected chi connectivity index (χ0v) is 23.4. The molecule has 1 N–H and O–H groups in total. The van der Waals surface area contributed by atoms with Gasteiger partial charge in [0.2, 0.25) is 11.8 Å². The molecule has 8 heteroatoms. The van der Waals surface area contributed by atoms with Crippen LogP contribution in [-0.2, 0) is 15.0 Å². The summed E-state index contributed by atoms with van der Waals surface area (Å²) in [6.07, 6.45) is 1.61. The molecule has 8 rings (SSSR count). The lowest BCUT2D eigenvalue weighted by Gasteiger charge is -2.52. The molecule has 3 amide bonds. The summed E-state index contributed by atoms with van der Waals surface area (Å²) in [4.78, 5) is 42.9. The summed E-state index contributed by atoms with van der Waals surface area (Å²) in [5.74, 6) is -3.26. The summed E-state index contributed by atoms with van der Waals surface area (Å²) in [6.45, 7) is 1.95. The van der Waals surface area contributed by atoms with Gasteiger partial charge in [0.05, 0.1) is 22.9 Å². The molecule has 0 saturated carbocycles. The quantitative estimate of drug-likeness (QED) is 0.179. The summed E-state index contributed by atoms with van der Waals surface area (Å²) in [7, 11) is 0. The molecule has 1 aliphatic heterocycles. The average Bonchev–Trinajstić information content (AvgIpc) is 3.24. The number of imide groups is 1. The molecule has 0 spiro atoms. The lowest BCUT2D eigenvalue weighted by atomic mass is 9.47. The Bertz CT molecular complexity index is 1750. The van der Waals surface area contributed by atoms with E-state index in [9.17, 15) is 18.8 Å². The van der Waals surface area contributed by atoms with Crippen LogP contribution in [0.25, 0.3) is 0 Å². The predicted octanol–water partition coefficient (Wildman–Crippen LogP) is 5.86. The molecule has 4 aliphatic rings. The molecule has 6 nitrogen and oxygen atoms in total. The van der Waals surface area contributed by atoms with Crippen molar-refractivity contribution in [3.8, 4) is 0 Å². The molecule has 1 saturated heterocycles. The molecule has 4 aromatic rings. The van der Waals surface area contributed by atoms with Gasteiger partial charge in [-0.3, -0.25) is 14.4 Å². The van der Waals surface area contributed by atoms with Crippen LogP contribution in [0.15, 0.2) is 101 Å². The van der Waals surface area contributed by atoms with Gasteiger partial charge in [-0.2, -0.15) is 5.10 Å². The van der Waals surface area contributed by atoms with Gasteiger partial charge in [0.25, 0.3) is 5.91 Å². The van der Waals surface area contributed by atoms with E-state index in [1.807, 2.05) is 67.6 Å². The first-order valence-corrected chi connectivity index (χ1v) is 14.0. The monoisotopic (exact) mass is 607 g/mol. The first kappa shape index (κ1) is 25.5. The van der Waals surface area contributed by atoms with Crippen LogP contribution in [0.3, 0.4) is 0 Å². The number of carbonyl (C=O) groups excluding carboxylic acids is 3. The van der Waals surface area contributed by atoms with Crippen molar-refractivity contribution in [2.45, 2.75) is 18.3 Å². The Hall–Kier alpha value is -4.43. The van der Waals surface area contributed by atoms with Crippen molar-refractivity contribution in [1.29, 1.82) is 0 Å². The standard InChI is InChI=1S/C33H23BrFN3O3/c1-18-10-15-26(25(34)16-18)38-31(40)28-27-21-6-2-4-8-23(21)33(29(28)32(38)41,24-9-5-3-7-22(24)27)17-36-37-30(39)19-11-13-20(35)14-12-19/h2-17,27-29H,1H3,(H,37,39). The van der Waals surface area contributed by atoms with E-state index in [1.54, 1.807) is 12.3 Å². The Balaban J connectivity index is 1.40. The third kappa shape index (κ3) is 3.60. The normalized spacial score (nSPS) is 23.9. The molecule has 0 radical (unpaired) electrons. The molecule has 4 aromatic carbocycles. The fourth-order valence-electron chi connectivity index (χ4n) is 6.94. The molecule has 2 atom stereocenters. The summed E-state index contributed by atoms with van der Waals surface area (Å²) < 4.78 is 14.1. The van der Waals surface area contributed by atoms with Gasteiger partial charge in [-0.25, -0.2) is 14.7 Å². The number of carbonyl (C=O) groups is 3. The Labute approximate surface area is 244 Å². The van der Waals surface area contributed by atoms with Crippen LogP contribution in [0.2, 0.25) is 0 Å². The second-order valence-electron chi connectivity index (χ2n) is 10.7. The van der Waals surface area contributed by atoms with Crippen LogP contribution in [0.4, 0.5) is 10.1 Å². The van der Waals surface area contributed by atoms with Crippen LogP contribution in [0.5, 0.6) is 0 Å². The first-order chi connectivity index (χ1) is 19.8. The molecular weight excluding hydrogens is 585 g/mol. The van der Waals surface area contributed by atoms with Crippen molar-refractivity contribution in [3.05, 3.63) is 135 Å². The average molecular weight is 608 g/mol. The number of hydrazone groups is 1. The van der Waals surface area contributed by atoms with Crippen molar-refractivity contribution in [2.24, 2.45) is 16.9 Å². The van der Waals surface area contributed by atoms with E-state index in [2.05, 4.69) is 26.5 Å². The lowest BCUT2D eigenvalue weighted by molar-refractivity contribution is -0.122. The Morgan fingerprint density at radius 3 is 2.20 bits per heavy atom. The lowest BCUT2D eigenvalue weighted by Crippen LogP contribution is -2.54. The van der Waals surface area contributed by atoms with Gasteiger partial charge in [-0.15, -0.1) is 0 Å². The van der Waals surface area contributed by atoms with Crippen LogP contribution in [-0.4, -0.2) is 23.9 Å². The SMILES string of the molecule is Cc1ccc(N2C(=O)C3C4c5ccccc5C(C=NNC(=O)c5ccc(F)cc5)(c5ccccc54)C3C2=O)c(Br)c1. The molecule has 3 aliphatic carbocycles. The van der Waals surface area contributed by atoms with Crippen LogP contribution >= 0.6 is 15.9 Å². The minimum absolute atomic E-state index is 0.245. The Kier molecular flexibility index (Phi) is 5.80. The van der Waals surface area contributed by atoms with Gasteiger partial charge in [0, 0.05) is 22.2 Å². The number of hydrogen-bond donors (Lipinski definition) is 1. The summed E-state index contributed by atoms with van der Waals surface area (Å²) in [5.41, 5.74) is 6.90. The maximum Gasteiger partial charge on any atom is 0.271 e. The molecule has 2 bridgehead atoms. The van der Waals surface area contributed by atoms with Crippen LogP contribution in [0, 0.1) is 24.6 Å². The van der Waals surface area contributed by atoms with Gasteiger partial charge >= 0.3 is 0 Å². The highest BCUT2D eigenvalue weighted by molar-refractivity contribution is 9.10. The number of anilines is 1. The van der Waals surface area contributed by atoms with Gasteiger partial charge in [-0.1, -0.05) is 54.6 Å². The van der Waals surface area contributed by atoms with Crippen LogP contribution < -0.4 is 10.3 Å². The van der Waals surface area contributed by atoms with E-state index in [1.165, 1.54) is 29.2 Å². The highest BCUT2D eigenvalue weighted by Gasteiger charge is 2.68. The third-order valence-electron chi connectivity index (χ3n) is 8.57. The number of amides is 3. The number of nitrogens with one attached hydrogen (secondary N) is 1. The third-order valence-corrected chi connectivity index (χ3v) is 9.20. The van der Waals surface area contributed by atoms with Crippen molar-refractivity contribution in [1.82, 2.24) is 5.43 Å². The van der Waals surface area contributed by atoms with E-state index in [4.69, 9.17) is 0 Å². The van der Waals surface area contributed by atoms with E-state index in [0.717, 1.165) is 27.8 Å². The molecule has 2 unspecified atom stereocenters. The first-order valence-electron chi connectivity index (χ1n) is 13.3. The maximum atomic E-state index is 14.5. The van der Waals surface area contributed by atoms with Crippen LogP contribution in [0.1, 0.15) is 44.1 Å². The Morgan fingerprint density at radius 1 is 0.927 bits per heavy atom.